The molecule has 8 rings (SSSR count). The minimum absolute atomic E-state index is 0.0191. The second kappa shape index (κ2) is 18.7. The van der Waals surface area contributed by atoms with E-state index in [1.54, 1.807) is 0 Å². The number of rotatable bonds is 20. The summed E-state index contributed by atoms with van der Waals surface area (Å²) in [4.78, 5) is 52.9. The number of urea groups is 1. The van der Waals surface area contributed by atoms with Crippen LogP contribution in [0.5, 0.6) is 5.75 Å². The van der Waals surface area contributed by atoms with Crippen LogP contribution in [0.2, 0.25) is 0 Å². The molecule has 0 aromatic heterocycles. The number of carbonyl (C=O) groups is 4. The predicted octanol–water partition coefficient (Wildman–Crippen LogP) is 2.67. The van der Waals surface area contributed by atoms with Crippen LogP contribution in [0.15, 0.2) is 24.3 Å². The molecule has 1 aromatic rings. The molecule has 0 unspecified atom stereocenters. The smallest absolute Gasteiger partial charge is 0.315 e. The van der Waals surface area contributed by atoms with Crippen molar-refractivity contribution >= 4 is 35.5 Å². The fourth-order valence-corrected chi connectivity index (χ4v) is 11.8. The van der Waals surface area contributed by atoms with Gasteiger partial charge in [-0.15, -0.1) is 0 Å². The van der Waals surface area contributed by atoms with E-state index in [-0.39, 0.29) is 42.4 Å². The van der Waals surface area contributed by atoms with E-state index >= 15 is 0 Å². The van der Waals surface area contributed by atoms with Gasteiger partial charge < -0.3 is 40.4 Å². The van der Waals surface area contributed by atoms with Gasteiger partial charge in [0.1, 0.15) is 5.75 Å². The third kappa shape index (κ3) is 10.4. The van der Waals surface area contributed by atoms with Gasteiger partial charge in [-0.05, 0) is 92.2 Å². The molecule has 3 aliphatic heterocycles. The molecule has 4 N–H and O–H groups in total. The summed E-state index contributed by atoms with van der Waals surface area (Å²) in [6, 6.07) is 8.98. The molecule has 0 spiro atoms. The van der Waals surface area contributed by atoms with Gasteiger partial charge in [-0.3, -0.25) is 19.3 Å². The van der Waals surface area contributed by atoms with E-state index in [4.69, 9.17) is 14.2 Å². The summed E-state index contributed by atoms with van der Waals surface area (Å²) in [7, 11) is 0. The van der Waals surface area contributed by atoms with Crippen molar-refractivity contribution < 1.29 is 33.4 Å². The van der Waals surface area contributed by atoms with Crippen molar-refractivity contribution in [3.63, 3.8) is 0 Å². The normalized spacial score (nSPS) is 29.8. The number of benzene rings is 1. The van der Waals surface area contributed by atoms with Gasteiger partial charge in [-0.25, -0.2) is 4.79 Å². The maximum absolute atomic E-state index is 12.9. The lowest BCUT2D eigenvalue weighted by Gasteiger charge is -2.57. The zero-order chi connectivity index (χ0) is 37.3. The first-order chi connectivity index (χ1) is 26.3. The molecule has 3 saturated heterocycles. The van der Waals surface area contributed by atoms with Crippen molar-refractivity contribution in [3.8, 4) is 5.75 Å². The summed E-state index contributed by atoms with van der Waals surface area (Å²) in [5, 5.41) is 12.2. The van der Waals surface area contributed by atoms with Crippen LogP contribution in [0.4, 0.5) is 4.79 Å². The van der Waals surface area contributed by atoms with Crippen LogP contribution >= 0.6 is 11.8 Å². The Kier molecular flexibility index (Phi) is 13.6. The van der Waals surface area contributed by atoms with Gasteiger partial charge in [0.25, 0.3) is 5.91 Å². The van der Waals surface area contributed by atoms with E-state index in [9.17, 15) is 19.2 Å². The van der Waals surface area contributed by atoms with Crippen LogP contribution in [-0.2, 0) is 29.3 Å². The molecule has 3 atom stereocenters. The Bertz CT molecular complexity index is 1400. The number of hydrogen-bond donors (Lipinski definition) is 4. The van der Waals surface area contributed by atoms with E-state index in [0.717, 1.165) is 48.5 Å². The SMILES string of the molecule is O=C(CCCC[C@@H]1SC[C@@H]2NC(=O)N[C@@H]21)NCCOCCOCCNC(=O)CN1CCN(C(=O)COc2ccc(C34CC5CC(CC(C5)C3)C4)cc2)CC1. The lowest BCUT2D eigenvalue weighted by molar-refractivity contribution is -0.135. The summed E-state index contributed by atoms with van der Waals surface area (Å²) < 4.78 is 17.0. The minimum Gasteiger partial charge on any atom is -0.484 e. The number of piperazine rings is 1. The van der Waals surface area contributed by atoms with Crippen LogP contribution in [-0.4, -0.2) is 135 Å². The number of fused-ring (bicyclic) bond motifs is 1. The zero-order valence-corrected chi connectivity index (χ0v) is 32.5. The molecule has 0 radical (unpaired) electrons. The molecule has 54 heavy (non-hydrogen) atoms. The molecule has 7 aliphatic rings. The minimum atomic E-state index is -0.0647. The van der Waals surface area contributed by atoms with Gasteiger partial charge in [-0.2, -0.15) is 11.8 Å². The van der Waals surface area contributed by atoms with Gasteiger partial charge in [-0.1, -0.05) is 18.6 Å². The van der Waals surface area contributed by atoms with Gasteiger partial charge in [0.05, 0.1) is 45.1 Å². The average Bonchev–Trinajstić information content (AvgIpc) is 3.72. The fraction of sp³-hybridized carbons (Fsp3) is 0.750. The monoisotopic (exact) mass is 768 g/mol. The van der Waals surface area contributed by atoms with Crippen molar-refractivity contribution in [2.75, 3.05) is 84.6 Å². The number of thioether (sulfide) groups is 1. The number of carbonyl (C=O) groups excluding carboxylic acids is 4. The van der Waals surface area contributed by atoms with Crippen LogP contribution in [0.3, 0.4) is 0 Å². The first kappa shape index (κ1) is 39.2. The van der Waals surface area contributed by atoms with Crippen LogP contribution in [0.1, 0.15) is 69.8 Å². The third-order valence-electron chi connectivity index (χ3n) is 12.5. The highest BCUT2D eigenvalue weighted by atomic mass is 32.2. The van der Waals surface area contributed by atoms with Gasteiger partial charge in [0.2, 0.25) is 11.8 Å². The Morgan fingerprint density at radius 3 is 2.13 bits per heavy atom. The van der Waals surface area contributed by atoms with E-state index in [1.807, 2.05) is 28.8 Å². The number of hydrogen-bond acceptors (Lipinski definition) is 9. The quantitative estimate of drug-likeness (QED) is 0.116. The second-order valence-electron chi connectivity index (χ2n) is 16.5. The Balaban J connectivity index is 0.653. The summed E-state index contributed by atoms with van der Waals surface area (Å²) in [6.45, 7) is 5.28. The lowest BCUT2D eigenvalue weighted by atomic mass is 9.48. The predicted molar refractivity (Wildman–Crippen MR) is 206 cm³/mol. The zero-order valence-electron chi connectivity index (χ0n) is 31.7. The van der Waals surface area contributed by atoms with Gasteiger partial charge in [0.15, 0.2) is 6.61 Å². The summed E-state index contributed by atoms with van der Waals surface area (Å²) in [5.74, 6) is 4.40. The van der Waals surface area contributed by atoms with E-state index in [1.165, 1.54) is 44.1 Å². The Labute approximate surface area is 324 Å². The highest BCUT2D eigenvalue weighted by Crippen LogP contribution is 2.60. The van der Waals surface area contributed by atoms with Crippen molar-refractivity contribution in [3.05, 3.63) is 29.8 Å². The highest BCUT2D eigenvalue weighted by Gasteiger charge is 2.51. The number of amides is 5. The molecule has 1 aromatic carbocycles. The first-order valence-corrected chi connectivity index (χ1v) is 21.5. The maximum Gasteiger partial charge on any atom is 0.315 e. The number of nitrogens with one attached hydrogen (secondary N) is 4. The molecule has 13 nitrogen and oxygen atoms in total. The molecule has 298 valence electrons. The Morgan fingerprint density at radius 1 is 0.815 bits per heavy atom. The first-order valence-electron chi connectivity index (χ1n) is 20.4. The fourth-order valence-electron chi connectivity index (χ4n) is 10.2. The van der Waals surface area contributed by atoms with E-state index in [2.05, 4.69) is 38.3 Å². The summed E-state index contributed by atoms with van der Waals surface area (Å²) >= 11 is 1.90. The van der Waals surface area contributed by atoms with Gasteiger partial charge in [0, 0.05) is 56.7 Å². The third-order valence-corrected chi connectivity index (χ3v) is 14.1. The molecule has 4 bridgehead atoms. The van der Waals surface area contributed by atoms with E-state index < -0.39 is 0 Å². The standard InChI is InChI=1S/C40H60N6O7S/c47-35(4-2-1-3-34-38-33(27-54-34)43-39(50)44-38)41-9-15-51-17-18-52-16-10-42-36(48)25-45-11-13-46(14-12-45)37(49)26-53-32-7-5-31(6-8-32)40-22-28-19-29(23-40)21-30(20-28)24-40/h5-8,28-30,33-34,38H,1-4,9-27H2,(H,41,47)(H,42,48)(H2,43,44,50)/t28?,29?,30?,33-,34-,38-,40?/m0/s1. The number of unbranched alkanes of at least 4 members (excludes halogenated alkanes) is 1. The molecule has 4 saturated carbocycles. The van der Waals surface area contributed by atoms with Crippen LogP contribution < -0.4 is 26.0 Å². The average molecular weight is 769 g/mol. The molecule has 3 heterocycles. The second-order valence-corrected chi connectivity index (χ2v) is 17.7. The number of ether oxygens (including phenoxy) is 3. The molecule has 14 heteroatoms. The van der Waals surface area contributed by atoms with Crippen LogP contribution in [0.25, 0.3) is 0 Å². The van der Waals surface area contributed by atoms with Gasteiger partial charge >= 0.3 is 6.03 Å². The van der Waals surface area contributed by atoms with Crippen molar-refractivity contribution in [1.82, 2.24) is 31.1 Å². The molecule has 5 amide bonds. The molecule has 4 aliphatic carbocycles. The number of nitrogens with zero attached hydrogens (tertiary/aromatic N) is 2. The van der Waals surface area contributed by atoms with Crippen molar-refractivity contribution in [2.24, 2.45) is 17.8 Å². The molecular weight excluding hydrogens is 709 g/mol. The van der Waals surface area contributed by atoms with E-state index in [0.29, 0.717) is 89.3 Å². The largest absolute Gasteiger partial charge is 0.484 e. The van der Waals surface area contributed by atoms with Crippen molar-refractivity contribution in [2.45, 2.75) is 87.0 Å². The lowest BCUT2D eigenvalue weighted by Crippen LogP contribution is -2.52. The molecule has 7 fully saturated rings. The Hall–Kier alpha value is -3.07. The maximum atomic E-state index is 12.9. The van der Waals surface area contributed by atoms with Crippen LogP contribution in [0, 0.1) is 17.8 Å². The van der Waals surface area contributed by atoms with Crippen molar-refractivity contribution in [1.29, 1.82) is 0 Å². The Morgan fingerprint density at radius 2 is 1.46 bits per heavy atom. The summed E-state index contributed by atoms with van der Waals surface area (Å²) in [5.41, 5.74) is 1.83. The topological polar surface area (TPSA) is 151 Å². The highest BCUT2D eigenvalue weighted by molar-refractivity contribution is 8.00. The summed E-state index contributed by atoms with van der Waals surface area (Å²) in [6.07, 6.45) is 11.6. The molecular formula is C40H60N6O7S.